The summed E-state index contributed by atoms with van der Waals surface area (Å²) in [5.74, 6) is -0.480. The minimum atomic E-state index is -5.02. The van der Waals surface area contributed by atoms with Crippen LogP contribution in [0.2, 0.25) is 0 Å². The van der Waals surface area contributed by atoms with Crippen LogP contribution in [0.4, 0.5) is 0 Å². The second-order valence-electron chi connectivity index (χ2n) is 17.7. The van der Waals surface area contributed by atoms with Gasteiger partial charge in [-0.15, -0.1) is 0 Å². The number of aliphatic hydroxyl groups is 5. The van der Waals surface area contributed by atoms with Crippen LogP contribution < -0.4 is 0 Å². The molecule has 1 rings (SSSR count). The summed E-state index contributed by atoms with van der Waals surface area (Å²) in [7, 11) is -5.02. The van der Waals surface area contributed by atoms with Crippen LogP contribution in [0.1, 0.15) is 219 Å². The molecular formula is C49H93O12P. The number of phosphoric ester groups is 1. The molecule has 0 heterocycles. The highest BCUT2D eigenvalue weighted by atomic mass is 31.2. The lowest BCUT2D eigenvalue weighted by molar-refractivity contribution is -0.220. The molecule has 0 amide bonds. The Morgan fingerprint density at radius 3 is 1.27 bits per heavy atom. The predicted molar refractivity (Wildman–Crippen MR) is 249 cm³/mol. The highest BCUT2D eigenvalue weighted by molar-refractivity contribution is 7.47. The van der Waals surface area contributed by atoms with Crippen LogP contribution in [-0.2, 0) is 27.9 Å². The van der Waals surface area contributed by atoms with Crippen LogP contribution in [0.15, 0.2) is 24.3 Å². The zero-order valence-electron chi connectivity index (χ0n) is 39.2. The summed E-state index contributed by atoms with van der Waals surface area (Å²) in [5, 5.41) is 50.3. The number of unbranched alkanes of at least 4 members (excludes halogenated alkanes) is 27. The lowest BCUT2D eigenvalue weighted by atomic mass is 9.85. The van der Waals surface area contributed by atoms with Crippen molar-refractivity contribution in [3.05, 3.63) is 24.3 Å². The summed E-state index contributed by atoms with van der Waals surface area (Å²) < 4.78 is 34.3. The van der Waals surface area contributed by atoms with Crippen molar-refractivity contribution in [3.63, 3.8) is 0 Å². The van der Waals surface area contributed by atoms with Crippen LogP contribution >= 0.6 is 7.82 Å². The largest absolute Gasteiger partial charge is 0.472 e. The van der Waals surface area contributed by atoms with Gasteiger partial charge in [-0.2, -0.15) is 0 Å². The van der Waals surface area contributed by atoms with Crippen molar-refractivity contribution in [2.24, 2.45) is 0 Å². The monoisotopic (exact) mass is 905 g/mol. The number of phosphoric acid groups is 1. The SMILES string of the molecule is CCCCCCCC/C=C\CCCCCCCCCCOCC(COP(=O)(O)OC1C(O)C(O)C(O)C(O)C1O)OC(=O)CCCCCCCCC/C=C\CCCCCCCC. The van der Waals surface area contributed by atoms with Gasteiger partial charge in [-0.05, 0) is 64.2 Å². The zero-order chi connectivity index (χ0) is 45.5. The highest BCUT2D eigenvalue weighted by Gasteiger charge is 2.51. The molecule has 1 aliphatic rings. The number of aliphatic hydroxyl groups excluding tert-OH is 5. The zero-order valence-corrected chi connectivity index (χ0v) is 40.1. The van der Waals surface area contributed by atoms with E-state index in [1.54, 1.807) is 0 Å². The van der Waals surface area contributed by atoms with Gasteiger partial charge in [0.25, 0.3) is 0 Å². The fourth-order valence-corrected chi connectivity index (χ4v) is 8.73. The third-order valence-electron chi connectivity index (χ3n) is 11.8. The van der Waals surface area contributed by atoms with Gasteiger partial charge < -0.3 is 39.9 Å². The molecule has 6 unspecified atom stereocenters. The number of allylic oxidation sites excluding steroid dienone is 4. The van der Waals surface area contributed by atoms with Gasteiger partial charge in [0.1, 0.15) is 42.7 Å². The quantitative estimate of drug-likeness (QED) is 0.0147. The minimum Gasteiger partial charge on any atom is -0.457 e. The number of hydrogen-bond acceptors (Lipinski definition) is 11. The molecule has 0 saturated heterocycles. The van der Waals surface area contributed by atoms with Crippen molar-refractivity contribution in [1.82, 2.24) is 0 Å². The molecule has 6 atom stereocenters. The Morgan fingerprint density at radius 1 is 0.500 bits per heavy atom. The summed E-state index contributed by atoms with van der Waals surface area (Å²) in [5.41, 5.74) is 0. The van der Waals surface area contributed by atoms with E-state index < -0.39 is 63.1 Å². The van der Waals surface area contributed by atoms with Crippen molar-refractivity contribution in [2.75, 3.05) is 19.8 Å². The Bertz CT molecular complexity index is 1120. The van der Waals surface area contributed by atoms with Crippen molar-refractivity contribution >= 4 is 13.8 Å². The summed E-state index contributed by atoms with van der Waals surface area (Å²) in [6, 6.07) is 0. The van der Waals surface area contributed by atoms with E-state index in [0.29, 0.717) is 13.0 Å². The van der Waals surface area contributed by atoms with Gasteiger partial charge in [-0.3, -0.25) is 13.8 Å². The highest BCUT2D eigenvalue weighted by Crippen LogP contribution is 2.47. The van der Waals surface area contributed by atoms with Crippen molar-refractivity contribution in [1.29, 1.82) is 0 Å². The summed E-state index contributed by atoms with van der Waals surface area (Å²) in [4.78, 5) is 23.2. The van der Waals surface area contributed by atoms with Crippen LogP contribution in [-0.4, -0.2) is 98.9 Å². The number of carbonyl (C=O) groups excluding carboxylic acids is 1. The van der Waals surface area contributed by atoms with Crippen LogP contribution in [0.25, 0.3) is 0 Å². The molecule has 13 heteroatoms. The third-order valence-corrected chi connectivity index (χ3v) is 12.8. The van der Waals surface area contributed by atoms with Crippen LogP contribution in [0.3, 0.4) is 0 Å². The number of rotatable bonds is 43. The second kappa shape index (κ2) is 40.1. The molecule has 1 aliphatic carbocycles. The van der Waals surface area contributed by atoms with Crippen molar-refractivity contribution in [3.8, 4) is 0 Å². The van der Waals surface area contributed by atoms with E-state index in [9.17, 15) is 39.8 Å². The Kier molecular flexibility index (Phi) is 38.1. The van der Waals surface area contributed by atoms with E-state index in [2.05, 4.69) is 38.2 Å². The van der Waals surface area contributed by atoms with E-state index in [4.69, 9.17) is 18.5 Å². The Balaban J connectivity index is 2.36. The fraction of sp³-hybridized carbons (Fsp3) is 0.898. The van der Waals surface area contributed by atoms with Crippen molar-refractivity contribution in [2.45, 2.75) is 262 Å². The van der Waals surface area contributed by atoms with Gasteiger partial charge >= 0.3 is 13.8 Å². The van der Waals surface area contributed by atoms with Gasteiger partial charge in [0.05, 0.1) is 13.2 Å². The average Bonchev–Trinajstić information content (AvgIpc) is 3.26. The molecule has 12 nitrogen and oxygen atoms in total. The predicted octanol–water partition coefficient (Wildman–Crippen LogP) is 10.9. The molecule has 0 bridgehead atoms. The first-order chi connectivity index (χ1) is 30.0. The standard InChI is InChI=1S/C49H93O12P/c1-3-5-7-9-11-13-15-17-19-21-23-25-27-29-31-33-35-37-39-58-40-42(41-59-62(56,57)61-49-47(54)45(52)44(51)46(53)48(49)55)60-43(50)38-36-34-32-30-28-26-24-22-20-18-16-14-12-10-8-6-4-2/h17-20,42,44-49,51-55H,3-16,21-41H2,1-2H3,(H,56,57)/b19-17-,20-18-. The molecule has 0 aliphatic heterocycles. The molecule has 0 aromatic carbocycles. The fourth-order valence-electron chi connectivity index (χ4n) is 7.76. The molecule has 366 valence electrons. The van der Waals surface area contributed by atoms with E-state index in [0.717, 1.165) is 44.9 Å². The first-order valence-corrected chi connectivity index (χ1v) is 26.7. The van der Waals surface area contributed by atoms with Gasteiger partial charge in [0.15, 0.2) is 0 Å². The van der Waals surface area contributed by atoms with E-state index in [1.807, 2.05) is 0 Å². The number of esters is 1. The van der Waals surface area contributed by atoms with Gasteiger partial charge in [-0.1, -0.05) is 173 Å². The maximum atomic E-state index is 12.8. The maximum absolute atomic E-state index is 12.8. The third kappa shape index (κ3) is 31.7. The molecular weight excluding hydrogens is 812 g/mol. The molecule has 0 spiro atoms. The van der Waals surface area contributed by atoms with E-state index in [1.165, 1.54) is 148 Å². The molecule has 0 aromatic heterocycles. The molecule has 0 aromatic rings. The first-order valence-electron chi connectivity index (χ1n) is 25.2. The van der Waals surface area contributed by atoms with E-state index in [-0.39, 0.29) is 13.0 Å². The van der Waals surface area contributed by atoms with Crippen molar-refractivity contribution < 1.29 is 58.3 Å². The molecule has 1 fully saturated rings. The number of ether oxygens (including phenoxy) is 2. The molecule has 6 N–H and O–H groups in total. The molecule has 1 saturated carbocycles. The lowest BCUT2D eigenvalue weighted by Crippen LogP contribution is -2.64. The normalized spacial score (nSPS) is 22.1. The molecule has 62 heavy (non-hydrogen) atoms. The topological polar surface area (TPSA) is 192 Å². The Hall–Kier alpha value is -1.18. The Labute approximate surface area is 377 Å². The second-order valence-corrected chi connectivity index (χ2v) is 19.1. The smallest absolute Gasteiger partial charge is 0.457 e. The van der Waals surface area contributed by atoms with Crippen LogP contribution in [0, 0.1) is 0 Å². The molecule has 0 radical (unpaired) electrons. The lowest BCUT2D eigenvalue weighted by Gasteiger charge is -2.41. The average molecular weight is 905 g/mol. The minimum absolute atomic E-state index is 0.0777. The Morgan fingerprint density at radius 2 is 0.855 bits per heavy atom. The number of hydrogen-bond donors (Lipinski definition) is 6. The summed E-state index contributed by atoms with van der Waals surface area (Å²) in [6.07, 6.45) is 33.8. The maximum Gasteiger partial charge on any atom is 0.472 e. The first kappa shape index (κ1) is 58.8. The van der Waals surface area contributed by atoms with E-state index >= 15 is 0 Å². The number of carbonyl (C=O) groups is 1. The summed E-state index contributed by atoms with van der Waals surface area (Å²) >= 11 is 0. The van der Waals surface area contributed by atoms with Gasteiger partial charge in [0.2, 0.25) is 0 Å². The summed E-state index contributed by atoms with van der Waals surface area (Å²) in [6.45, 7) is 4.26. The van der Waals surface area contributed by atoms with Gasteiger partial charge in [-0.25, -0.2) is 4.57 Å². The van der Waals surface area contributed by atoms with Gasteiger partial charge in [0, 0.05) is 13.0 Å². The van der Waals surface area contributed by atoms with Crippen LogP contribution in [0.5, 0.6) is 0 Å².